The first-order chi connectivity index (χ1) is 7.91. The first-order valence-electron chi connectivity index (χ1n) is 5.16. The van der Waals surface area contributed by atoms with Gasteiger partial charge in [0.2, 0.25) is 0 Å². The van der Waals surface area contributed by atoms with Crippen LogP contribution < -0.4 is 10.6 Å². The molecular formula is C10H16N4O3. The lowest BCUT2D eigenvalue weighted by atomic mass is 10.2. The first kappa shape index (κ1) is 13.0. The fourth-order valence-corrected chi connectivity index (χ4v) is 1.20. The van der Waals surface area contributed by atoms with E-state index < -0.39 is 18.0 Å². The van der Waals surface area contributed by atoms with Crippen molar-refractivity contribution in [1.82, 2.24) is 20.4 Å². The molecule has 1 rings (SSSR count). The molecule has 0 fully saturated rings. The fourth-order valence-electron chi connectivity index (χ4n) is 1.20. The van der Waals surface area contributed by atoms with E-state index in [1.54, 1.807) is 10.9 Å². The van der Waals surface area contributed by atoms with Crippen LogP contribution in [-0.2, 0) is 18.4 Å². The standard InChI is InChI=1S/C10H16N4O3/c1-6(9(15)16)13-10(17)11-4-8-5-12-14(3)7(8)2/h5-6H,4H2,1-3H3,(H,15,16)(H2,11,13,17)/t6-/m0/s1. The van der Waals surface area contributed by atoms with Crippen molar-refractivity contribution in [2.24, 2.45) is 7.05 Å². The second-order valence-electron chi connectivity index (χ2n) is 3.77. The molecule has 0 aliphatic rings. The highest BCUT2D eigenvalue weighted by atomic mass is 16.4. The molecule has 3 N–H and O–H groups in total. The SMILES string of the molecule is Cc1c(CNC(=O)N[C@@H](C)C(=O)O)cnn1C. The molecule has 0 aromatic carbocycles. The van der Waals surface area contributed by atoms with Gasteiger partial charge in [-0.05, 0) is 13.8 Å². The number of amides is 2. The van der Waals surface area contributed by atoms with Crippen molar-refractivity contribution in [2.75, 3.05) is 0 Å². The summed E-state index contributed by atoms with van der Waals surface area (Å²) in [5, 5.41) is 17.5. The molecule has 0 saturated carbocycles. The fraction of sp³-hybridized carbons (Fsp3) is 0.500. The molecule has 1 aromatic heterocycles. The van der Waals surface area contributed by atoms with Crippen molar-refractivity contribution in [1.29, 1.82) is 0 Å². The summed E-state index contributed by atoms with van der Waals surface area (Å²) in [4.78, 5) is 21.8. The van der Waals surface area contributed by atoms with Crippen LogP contribution in [0.4, 0.5) is 4.79 Å². The summed E-state index contributed by atoms with van der Waals surface area (Å²) >= 11 is 0. The number of aliphatic carboxylic acids is 1. The third-order valence-corrected chi connectivity index (χ3v) is 2.49. The lowest BCUT2D eigenvalue weighted by Gasteiger charge is -2.10. The lowest BCUT2D eigenvalue weighted by molar-refractivity contribution is -0.138. The van der Waals surface area contributed by atoms with Gasteiger partial charge in [-0.15, -0.1) is 0 Å². The Balaban J connectivity index is 2.44. The molecule has 0 spiro atoms. The predicted octanol–water partition coefficient (Wildman–Crippen LogP) is 0.000820. The molecule has 1 atom stereocenters. The molecule has 0 bridgehead atoms. The average molecular weight is 240 g/mol. The van der Waals surface area contributed by atoms with Crippen LogP contribution in [0.25, 0.3) is 0 Å². The summed E-state index contributed by atoms with van der Waals surface area (Å²) in [6.07, 6.45) is 1.66. The molecule has 1 aromatic rings. The van der Waals surface area contributed by atoms with E-state index in [1.807, 2.05) is 14.0 Å². The average Bonchev–Trinajstić information content (AvgIpc) is 2.57. The highest BCUT2D eigenvalue weighted by Gasteiger charge is 2.13. The van der Waals surface area contributed by atoms with E-state index in [0.717, 1.165) is 11.3 Å². The summed E-state index contributed by atoms with van der Waals surface area (Å²) in [7, 11) is 1.81. The number of carboxylic acid groups (broad SMARTS) is 1. The second-order valence-corrected chi connectivity index (χ2v) is 3.77. The maximum Gasteiger partial charge on any atom is 0.325 e. The van der Waals surface area contributed by atoms with Crippen molar-refractivity contribution in [3.8, 4) is 0 Å². The minimum Gasteiger partial charge on any atom is -0.480 e. The molecule has 0 saturated heterocycles. The highest BCUT2D eigenvalue weighted by molar-refractivity contribution is 5.82. The van der Waals surface area contributed by atoms with Crippen LogP contribution in [-0.4, -0.2) is 32.9 Å². The summed E-state index contributed by atoms with van der Waals surface area (Å²) in [5.41, 5.74) is 1.85. The van der Waals surface area contributed by atoms with Crippen molar-refractivity contribution >= 4 is 12.0 Å². The number of hydrogen-bond acceptors (Lipinski definition) is 3. The first-order valence-corrected chi connectivity index (χ1v) is 5.16. The van der Waals surface area contributed by atoms with E-state index in [9.17, 15) is 9.59 Å². The zero-order valence-corrected chi connectivity index (χ0v) is 10.0. The Morgan fingerprint density at radius 3 is 2.71 bits per heavy atom. The molecule has 94 valence electrons. The molecule has 1 heterocycles. The summed E-state index contributed by atoms with van der Waals surface area (Å²) < 4.78 is 1.70. The molecular weight excluding hydrogens is 224 g/mol. The van der Waals surface area contributed by atoms with Crippen LogP contribution >= 0.6 is 0 Å². The number of aryl methyl sites for hydroxylation is 1. The van der Waals surface area contributed by atoms with Gasteiger partial charge < -0.3 is 15.7 Å². The largest absolute Gasteiger partial charge is 0.480 e. The van der Waals surface area contributed by atoms with Gasteiger partial charge in [-0.1, -0.05) is 0 Å². The Morgan fingerprint density at radius 2 is 2.24 bits per heavy atom. The van der Waals surface area contributed by atoms with Crippen molar-refractivity contribution in [3.05, 3.63) is 17.5 Å². The number of carbonyl (C=O) groups is 2. The van der Waals surface area contributed by atoms with Gasteiger partial charge in [-0.3, -0.25) is 9.48 Å². The molecule has 0 radical (unpaired) electrons. The molecule has 17 heavy (non-hydrogen) atoms. The molecule has 2 amide bonds. The zero-order chi connectivity index (χ0) is 13.0. The minimum absolute atomic E-state index is 0.317. The number of hydrogen-bond donors (Lipinski definition) is 3. The van der Waals surface area contributed by atoms with Crippen molar-refractivity contribution < 1.29 is 14.7 Å². The Morgan fingerprint density at radius 1 is 1.59 bits per heavy atom. The van der Waals surface area contributed by atoms with E-state index in [-0.39, 0.29) is 0 Å². The smallest absolute Gasteiger partial charge is 0.325 e. The number of nitrogens with one attached hydrogen (secondary N) is 2. The minimum atomic E-state index is -1.07. The van der Waals surface area contributed by atoms with Gasteiger partial charge in [0.25, 0.3) is 0 Å². The molecule has 0 unspecified atom stereocenters. The molecule has 7 heteroatoms. The zero-order valence-electron chi connectivity index (χ0n) is 10.0. The van der Waals surface area contributed by atoms with Crippen LogP contribution in [0.1, 0.15) is 18.2 Å². The Hall–Kier alpha value is -2.05. The van der Waals surface area contributed by atoms with Gasteiger partial charge in [0, 0.05) is 24.8 Å². The maximum absolute atomic E-state index is 11.3. The summed E-state index contributed by atoms with van der Waals surface area (Å²) in [6.45, 7) is 3.61. The van der Waals surface area contributed by atoms with Crippen LogP contribution in [0, 0.1) is 6.92 Å². The lowest BCUT2D eigenvalue weighted by Crippen LogP contribution is -2.44. The topological polar surface area (TPSA) is 96.2 Å². The highest BCUT2D eigenvalue weighted by Crippen LogP contribution is 2.04. The van der Waals surface area contributed by atoms with Gasteiger partial charge in [0.05, 0.1) is 6.20 Å². The maximum atomic E-state index is 11.3. The van der Waals surface area contributed by atoms with Crippen LogP contribution in [0.3, 0.4) is 0 Å². The van der Waals surface area contributed by atoms with Gasteiger partial charge in [-0.2, -0.15) is 5.10 Å². The molecule has 7 nitrogen and oxygen atoms in total. The number of carboxylic acids is 1. The Bertz CT molecular complexity index is 427. The third-order valence-electron chi connectivity index (χ3n) is 2.49. The van der Waals surface area contributed by atoms with Gasteiger partial charge in [0.1, 0.15) is 6.04 Å². The number of urea groups is 1. The second kappa shape index (κ2) is 5.33. The quantitative estimate of drug-likeness (QED) is 0.690. The van der Waals surface area contributed by atoms with Gasteiger partial charge in [-0.25, -0.2) is 4.79 Å². The van der Waals surface area contributed by atoms with Crippen LogP contribution in [0.2, 0.25) is 0 Å². The molecule has 0 aliphatic carbocycles. The Kier molecular flexibility index (Phi) is 4.08. The van der Waals surface area contributed by atoms with Gasteiger partial charge >= 0.3 is 12.0 Å². The van der Waals surface area contributed by atoms with E-state index >= 15 is 0 Å². The number of aromatic nitrogens is 2. The summed E-state index contributed by atoms with van der Waals surface area (Å²) in [6, 6.07) is -1.42. The normalized spacial score (nSPS) is 11.9. The van der Waals surface area contributed by atoms with E-state index in [2.05, 4.69) is 15.7 Å². The number of rotatable bonds is 4. The van der Waals surface area contributed by atoms with Crippen molar-refractivity contribution in [2.45, 2.75) is 26.4 Å². The van der Waals surface area contributed by atoms with Crippen LogP contribution in [0.15, 0.2) is 6.20 Å². The monoisotopic (exact) mass is 240 g/mol. The van der Waals surface area contributed by atoms with E-state index in [1.165, 1.54) is 6.92 Å². The predicted molar refractivity (Wildman–Crippen MR) is 60.4 cm³/mol. The van der Waals surface area contributed by atoms with Crippen molar-refractivity contribution in [3.63, 3.8) is 0 Å². The molecule has 0 aliphatic heterocycles. The summed E-state index contributed by atoms with van der Waals surface area (Å²) in [5.74, 6) is -1.07. The van der Waals surface area contributed by atoms with E-state index in [4.69, 9.17) is 5.11 Å². The van der Waals surface area contributed by atoms with Gasteiger partial charge in [0.15, 0.2) is 0 Å². The third kappa shape index (κ3) is 3.47. The number of nitrogens with zero attached hydrogens (tertiary/aromatic N) is 2. The van der Waals surface area contributed by atoms with E-state index in [0.29, 0.717) is 6.54 Å². The Labute approximate surface area is 98.8 Å². The number of carbonyl (C=O) groups excluding carboxylic acids is 1. The van der Waals surface area contributed by atoms with Crippen LogP contribution in [0.5, 0.6) is 0 Å².